The molecule has 382 valence electrons. The number of allylic oxidation sites excluding steroid dienone is 2. The van der Waals surface area contributed by atoms with Gasteiger partial charge in [0.25, 0.3) is 5.91 Å². The number of rotatable bonds is 26. The Bertz CT molecular complexity index is 3300. The van der Waals surface area contributed by atoms with Crippen LogP contribution in [0.25, 0.3) is 44.5 Å². The lowest BCUT2D eigenvalue weighted by Crippen LogP contribution is -2.28. The van der Waals surface area contributed by atoms with Crippen LogP contribution in [-0.2, 0) is 50.5 Å². The van der Waals surface area contributed by atoms with E-state index in [0.29, 0.717) is 76.5 Å². The number of aromatic nitrogens is 9. The average Bonchev–Trinajstić information content (AvgIpc) is 4.11. The van der Waals surface area contributed by atoms with E-state index in [4.69, 9.17) is 40.6 Å². The predicted octanol–water partition coefficient (Wildman–Crippen LogP) is 4.41. The van der Waals surface area contributed by atoms with Gasteiger partial charge in [-0.2, -0.15) is 10.2 Å². The van der Waals surface area contributed by atoms with Crippen LogP contribution in [0.3, 0.4) is 0 Å². The van der Waals surface area contributed by atoms with Gasteiger partial charge in [-0.1, -0.05) is 12.2 Å². The van der Waals surface area contributed by atoms with Gasteiger partial charge in [0.15, 0.2) is 5.82 Å². The summed E-state index contributed by atoms with van der Waals surface area (Å²) in [7, 11) is -0.853. The van der Waals surface area contributed by atoms with Crippen molar-refractivity contribution in [2.45, 2.75) is 79.6 Å². The first-order valence-corrected chi connectivity index (χ1v) is 25.0. The van der Waals surface area contributed by atoms with E-state index in [-0.39, 0.29) is 86.2 Å². The third kappa shape index (κ3) is 11.9. The maximum absolute atomic E-state index is 14.0. The first-order chi connectivity index (χ1) is 34.6. The highest BCUT2D eigenvalue weighted by Crippen LogP contribution is 2.37. The summed E-state index contributed by atoms with van der Waals surface area (Å²) >= 11 is 0. The predicted molar refractivity (Wildman–Crippen MR) is 268 cm³/mol. The van der Waals surface area contributed by atoms with Gasteiger partial charge in [-0.05, 0) is 76.9 Å². The number of nitrogens with two attached hydrogens (primary N) is 2. The summed E-state index contributed by atoms with van der Waals surface area (Å²) in [6.07, 6.45) is 6.34. The van der Waals surface area contributed by atoms with E-state index >= 15 is 0 Å². The minimum atomic E-state index is -3.69. The van der Waals surface area contributed by atoms with Crippen molar-refractivity contribution in [2.24, 2.45) is 11.5 Å². The second-order valence-corrected chi connectivity index (χ2v) is 18.6. The number of methoxy groups -OCH3 is 2. The number of carbonyl (C=O) groups excluding carboxylic acids is 4. The quantitative estimate of drug-likeness (QED) is 0.0332. The van der Waals surface area contributed by atoms with Gasteiger partial charge in [-0.3, -0.25) is 33.9 Å². The molecule has 23 nitrogen and oxygen atoms in total. The molecule has 7 rings (SSSR count). The van der Waals surface area contributed by atoms with E-state index in [1.54, 1.807) is 47.7 Å². The molecule has 7 aromatic rings. The zero-order chi connectivity index (χ0) is 51.7. The molecule has 24 heteroatoms. The van der Waals surface area contributed by atoms with E-state index in [2.05, 4.69) is 25.0 Å². The summed E-state index contributed by atoms with van der Waals surface area (Å²) < 4.78 is 57.2. The Labute approximate surface area is 414 Å². The van der Waals surface area contributed by atoms with Crippen molar-refractivity contribution in [1.29, 1.82) is 0 Å². The van der Waals surface area contributed by atoms with Gasteiger partial charge in [0, 0.05) is 87.4 Å². The van der Waals surface area contributed by atoms with Crippen molar-refractivity contribution in [3.8, 4) is 23.0 Å². The Balaban J connectivity index is 1.27. The van der Waals surface area contributed by atoms with Gasteiger partial charge in [0.2, 0.25) is 27.8 Å². The number of carbonyl (C=O) groups is 4. The molecule has 0 fully saturated rings. The Morgan fingerprint density at radius 2 is 1.40 bits per heavy atom. The minimum absolute atomic E-state index is 0.00322. The van der Waals surface area contributed by atoms with Crippen molar-refractivity contribution in [1.82, 2.24) is 48.4 Å². The molecule has 3 amide bonds. The number of amides is 3. The van der Waals surface area contributed by atoms with Crippen LogP contribution in [0.5, 0.6) is 11.5 Å². The molecule has 0 aliphatic carbocycles. The molecule has 0 bridgehead atoms. The molecule has 5 aromatic heterocycles. The lowest BCUT2D eigenvalue weighted by atomic mass is 10.1. The summed E-state index contributed by atoms with van der Waals surface area (Å²) in [5.74, 6) is -1.46. The normalized spacial score (nSPS) is 11.9. The van der Waals surface area contributed by atoms with Crippen molar-refractivity contribution < 1.29 is 46.5 Å². The van der Waals surface area contributed by atoms with Crippen molar-refractivity contribution in [3.63, 3.8) is 0 Å². The van der Waals surface area contributed by atoms with Crippen LogP contribution in [0.1, 0.15) is 82.1 Å². The smallest absolute Gasteiger partial charge is 0.305 e. The minimum Gasteiger partial charge on any atom is -0.491 e. The number of aryl methyl sites for hydroxylation is 4. The molecule has 0 aliphatic heterocycles. The van der Waals surface area contributed by atoms with Crippen LogP contribution in [0, 0.1) is 13.8 Å². The van der Waals surface area contributed by atoms with E-state index < -0.39 is 33.7 Å². The number of nitrogens with zero attached hydrogens (tertiary/aromatic N) is 9. The molecule has 0 spiro atoms. The van der Waals surface area contributed by atoms with Crippen LogP contribution in [0.15, 0.2) is 54.7 Å². The van der Waals surface area contributed by atoms with Gasteiger partial charge >= 0.3 is 5.97 Å². The highest BCUT2D eigenvalue weighted by Gasteiger charge is 2.24. The summed E-state index contributed by atoms with van der Waals surface area (Å²) in [4.78, 5) is 65.4. The molecule has 5 heterocycles. The van der Waals surface area contributed by atoms with Gasteiger partial charge in [0.1, 0.15) is 34.1 Å². The zero-order valence-electron chi connectivity index (χ0n) is 41.1. The van der Waals surface area contributed by atoms with Crippen LogP contribution >= 0.6 is 0 Å². The number of esters is 1. The average molecular weight is 1010 g/mol. The van der Waals surface area contributed by atoms with Crippen LogP contribution in [0.2, 0.25) is 0 Å². The van der Waals surface area contributed by atoms with E-state index in [9.17, 15) is 27.6 Å². The highest BCUT2D eigenvalue weighted by molar-refractivity contribution is 7.89. The number of nitrogens with one attached hydrogen (secondary N) is 2. The highest BCUT2D eigenvalue weighted by atomic mass is 32.2. The van der Waals surface area contributed by atoms with Crippen molar-refractivity contribution >= 4 is 72.6 Å². The second kappa shape index (κ2) is 23.0. The molecule has 0 unspecified atom stereocenters. The topological polar surface area (TPSA) is 300 Å². The fourth-order valence-electron chi connectivity index (χ4n) is 8.18. The zero-order valence-corrected chi connectivity index (χ0v) is 41.9. The summed E-state index contributed by atoms with van der Waals surface area (Å²) in [6.45, 7) is 9.64. The van der Waals surface area contributed by atoms with E-state index in [0.717, 1.165) is 11.4 Å². The van der Waals surface area contributed by atoms with Crippen LogP contribution in [-0.4, -0.2) is 122 Å². The molecule has 0 atom stereocenters. The summed E-state index contributed by atoms with van der Waals surface area (Å²) in [5, 5.41) is 13.3. The van der Waals surface area contributed by atoms with E-state index in [1.807, 2.05) is 48.2 Å². The van der Waals surface area contributed by atoms with Gasteiger partial charge in [-0.15, -0.1) is 0 Å². The maximum atomic E-state index is 14.0. The Morgan fingerprint density at radius 3 is 2.08 bits per heavy atom. The Kier molecular flexibility index (Phi) is 16.7. The molecule has 0 aliphatic rings. The number of primary amides is 2. The standard InChI is InChI=1S/C48H59N13O10S/c1-7-60-36(22-29(3)56-60)45-51-28-34-33-24-31(43(49)63)26-38(71-20-13-18-68-5)41(33)58(46(34)54-45)16-9-10-17-59-42-35(53-48(59)55-47(65)37-23-30(4)57-61(37)8-2)25-32(44(50)64)27-39(42)70-19-12-15-52-72(66,67)21-11-14-40(62)69-6/h9-10,22-28,52H,7-8,11-21H2,1-6H3,(H2,49,63)(H2,50,64)(H,53,55,65)/b10-9+. The molecular weight excluding hydrogens is 951 g/mol. The monoisotopic (exact) mass is 1010 g/mol. The molecule has 6 N–H and O–H groups in total. The van der Waals surface area contributed by atoms with Gasteiger partial charge in [-0.25, -0.2) is 28.1 Å². The number of ether oxygens (including phenoxy) is 4. The molecule has 0 radical (unpaired) electrons. The fourth-order valence-corrected chi connectivity index (χ4v) is 9.31. The SMILES string of the molecule is CCn1nc(C)cc1C(=O)Nc1nc2cc(C(N)=O)cc(OCCCNS(=O)(=O)CCCC(=O)OC)c2n1C/C=C/Cn1c2nc(-c3cc(C)nn3CC)ncc2c2cc(C(N)=O)cc(OCCCOC)c21. The van der Waals surface area contributed by atoms with Crippen LogP contribution in [0.4, 0.5) is 5.95 Å². The number of hydrogen-bond donors (Lipinski definition) is 4. The number of anilines is 1. The Morgan fingerprint density at radius 1 is 0.750 bits per heavy atom. The Hall–Kier alpha value is -7.70. The lowest BCUT2D eigenvalue weighted by molar-refractivity contribution is -0.140. The molecule has 72 heavy (non-hydrogen) atoms. The molecular formula is C48H59N13O10S. The first-order valence-electron chi connectivity index (χ1n) is 23.4. The first kappa shape index (κ1) is 52.1. The summed E-state index contributed by atoms with van der Waals surface area (Å²) in [5.41, 5.74) is 16.3. The lowest BCUT2D eigenvalue weighted by Gasteiger charge is -2.14. The largest absolute Gasteiger partial charge is 0.491 e. The van der Waals surface area contributed by atoms with Gasteiger partial charge < -0.3 is 39.5 Å². The third-order valence-electron chi connectivity index (χ3n) is 11.5. The van der Waals surface area contributed by atoms with Crippen molar-refractivity contribution in [3.05, 3.63) is 83.0 Å². The molecule has 0 saturated heterocycles. The number of sulfonamides is 1. The van der Waals surface area contributed by atoms with Gasteiger partial charge in [0.05, 0.1) is 48.5 Å². The number of hydrogen-bond acceptors (Lipinski definition) is 15. The number of imidazole rings is 1. The number of benzene rings is 2. The fraction of sp³-hybridized carbons (Fsp3) is 0.396. The van der Waals surface area contributed by atoms with Crippen molar-refractivity contribution in [2.75, 3.05) is 51.7 Å². The van der Waals surface area contributed by atoms with E-state index in [1.165, 1.54) is 19.2 Å². The maximum Gasteiger partial charge on any atom is 0.305 e. The third-order valence-corrected chi connectivity index (χ3v) is 13.0. The second-order valence-electron chi connectivity index (χ2n) is 16.7. The molecule has 2 aromatic carbocycles. The summed E-state index contributed by atoms with van der Waals surface area (Å²) in [6, 6.07) is 9.87. The van der Waals surface area contributed by atoms with Crippen LogP contribution < -0.4 is 31.0 Å². The molecule has 0 saturated carbocycles. The number of fused-ring (bicyclic) bond motifs is 4.